The van der Waals surface area contributed by atoms with E-state index in [0.717, 1.165) is 16.2 Å². The molecule has 0 radical (unpaired) electrons. The maximum atomic E-state index is 6.00. The molecule has 1 nitrogen and oxygen atoms in total. The number of hydrogen-bond donors (Lipinski definition) is 1. The number of nitrogens with one attached hydrogen (secondary N) is 1. The summed E-state index contributed by atoms with van der Waals surface area (Å²) in [5.74, 6) is 0.837. The summed E-state index contributed by atoms with van der Waals surface area (Å²) in [7, 11) is 0. The molecule has 3 atom stereocenters. The number of benzene rings is 1. The van der Waals surface area contributed by atoms with Gasteiger partial charge in [0.15, 0.2) is 0 Å². The molecule has 0 heterocycles. The molecule has 0 bridgehead atoms. The van der Waals surface area contributed by atoms with E-state index in [0.29, 0.717) is 12.1 Å². The van der Waals surface area contributed by atoms with Crippen molar-refractivity contribution in [3.63, 3.8) is 0 Å². The lowest BCUT2D eigenvalue weighted by Gasteiger charge is -2.27. The maximum Gasteiger partial charge on any atom is 0.0406 e. The smallest absolute Gasteiger partial charge is 0.0406 e. The zero-order valence-corrected chi connectivity index (χ0v) is 13.0. The first kappa shape index (κ1) is 13.8. The SMILES string of the molecule is CSC1CCCC1NC(c1ccc(Cl)cc1)C1CC1. The lowest BCUT2D eigenvalue weighted by atomic mass is 10.0. The van der Waals surface area contributed by atoms with Crippen LogP contribution in [0.5, 0.6) is 0 Å². The molecular weight excluding hydrogens is 274 g/mol. The van der Waals surface area contributed by atoms with Gasteiger partial charge in [-0.2, -0.15) is 11.8 Å². The van der Waals surface area contributed by atoms with Crippen molar-refractivity contribution >= 4 is 23.4 Å². The third-order valence-corrected chi connectivity index (χ3v) is 5.89. The lowest BCUT2D eigenvalue weighted by molar-refractivity contribution is 0.410. The number of hydrogen-bond acceptors (Lipinski definition) is 2. The van der Waals surface area contributed by atoms with Crippen LogP contribution in [0.3, 0.4) is 0 Å². The topological polar surface area (TPSA) is 12.0 Å². The zero-order valence-electron chi connectivity index (χ0n) is 11.4. The van der Waals surface area contributed by atoms with Crippen molar-refractivity contribution in [3.8, 4) is 0 Å². The van der Waals surface area contributed by atoms with E-state index in [1.807, 2.05) is 23.9 Å². The second-order valence-corrected chi connectivity index (χ2v) is 7.36. The van der Waals surface area contributed by atoms with Crippen LogP contribution in [0.4, 0.5) is 0 Å². The van der Waals surface area contributed by atoms with Crippen LogP contribution in [0.15, 0.2) is 24.3 Å². The van der Waals surface area contributed by atoms with E-state index >= 15 is 0 Å². The van der Waals surface area contributed by atoms with Crippen LogP contribution in [-0.4, -0.2) is 17.5 Å². The number of thioether (sulfide) groups is 1. The third kappa shape index (κ3) is 3.29. The highest BCUT2D eigenvalue weighted by atomic mass is 35.5. The summed E-state index contributed by atoms with van der Waals surface area (Å²) in [6.45, 7) is 0. The van der Waals surface area contributed by atoms with E-state index in [1.54, 1.807) is 0 Å². The van der Waals surface area contributed by atoms with Gasteiger partial charge in [-0.05, 0) is 55.6 Å². The van der Waals surface area contributed by atoms with Crippen LogP contribution in [0.2, 0.25) is 5.02 Å². The van der Waals surface area contributed by atoms with Gasteiger partial charge in [0.1, 0.15) is 0 Å². The van der Waals surface area contributed by atoms with Crippen molar-refractivity contribution in [2.75, 3.05) is 6.26 Å². The Bertz CT molecular complexity index is 415. The molecule has 2 aliphatic carbocycles. The summed E-state index contributed by atoms with van der Waals surface area (Å²) in [5, 5.41) is 5.58. The summed E-state index contributed by atoms with van der Waals surface area (Å²) in [4.78, 5) is 0. The van der Waals surface area contributed by atoms with Crippen molar-refractivity contribution in [1.29, 1.82) is 0 Å². The Morgan fingerprint density at radius 3 is 2.53 bits per heavy atom. The predicted octanol–water partition coefficient (Wildman–Crippen LogP) is 4.66. The normalized spacial score (nSPS) is 28.5. The van der Waals surface area contributed by atoms with Gasteiger partial charge in [0.05, 0.1) is 0 Å². The Kier molecular flexibility index (Phi) is 4.40. The summed E-state index contributed by atoms with van der Waals surface area (Å²) in [6, 6.07) is 9.66. The van der Waals surface area contributed by atoms with E-state index in [-0.39, 0.29) is 0 Å². The van der Waals surface area contributed by atoms with Crippen LogP contribution in [0.1, 0.15) is 43.7 Å². The molecule has 3 rings (SSSR count). The molecule has 0 aliphatic heterocycles. The molecule has 2 aliphatic rings. The van der Waals surface area contributed by atoms with Gasteiger partial charge in [0.25, 0.3) is 0 Å². The number of rotatable bonds is 5. The number of halogens is 1. The van der Waals surface area contributed by atoms with Crippen LogP contribution < -0.4 is 5.32 Å². The van der Waals surface area contributed by atoms with E-state index in [9.17, 15) is 0 Å². The van der Waals surface area contributed by atoms with E-state index in [2.05, 4.69) is 23.7 Å². The standard InChI is InChI=1S/C16H22ClNS/c1-19-15-4-2-3-14(15)18-16(11-5-6-11)12-7-9-13(17)10-8-12/h7-11,14-16,18H,2-6H2,1H3. The van der Waals surface area contributed by atoms with Gasteiger partial charge in [0.2, 0.25) is 0 Å². The summed E-state index contributed by atoms with van der Waals surface area (Å²) in [6.07, 6.45) is 9.08. The molecule has 1 aromatic rings. The maximum absolute atomic E-state index is 6.00. The fraction of sp³-hybridized carbons (Fsp3) is 0.625. The van der Waals surface area contributed by atoms with Gasteiger partial charge in [-0.15, -0.1) is 0 Å². The second kappa shape index (κ2) is 6.07. The quantitative estimate of drug-likeness (QED) is 0.847. The molecule has 3 heteroatoms. The molecule has 2 fully saturated rings. The largest absolute Gasteiger partial charge is 0.306 e. The average Bonchev–Trinajstić information content (AvgIpc) is 3.17. The van der Waals surface area contributed by atoms with Crippen molar-refractivity contribution in [2.24, 2.45) is 5.92 Å². The molecule has 1 aromatic carbocycles. The van der Waals surface area contributed by atoms with E-state index < -0.39 is 0 Å². The summed E-state index contributed by atoms with van der Waals surface area (Å²) < 4.78 is 0. The molecule has 3 unspecified atom stereocenters. The molecular formula is C16H22ClNS. The molecule has 0 saturated heterocycles. The van der Waals surface area contributed by atoms with Gasteiger partial charge >= 0.3 is 0 Å². The monoisotopic (exact) mass is 295 g/mol. The molecule has 104 valence electrons. The van der Waals surface area contributed by atoms with Crippen LogP contribution in [0.25, 0.3) is 0 Å². The van der Waals surface area contributed by atoms with E-state index in [1.165, 1.54) is 37.7 Å². The van der Waals surface area contributed by atoms with Gasteiger partial charge in [-0.25, -0.2) is 0 Å². The average molecular weight is 296 g/mol. The van der Waals surface area contributed by atoms with Gasteiger partial charge in [0, 0.05) is 22.4 Å². The minimum atomic E-state index is 0.537. The molecule has 19 heavy (non-hydrogen) atoms. The van der Waals surface area contributed by atoms with Gasteiger partial charge in [-0.3, -0.25) is 0 Å². The minimum absolute atomic E-state index is 0.537. The molecule has 1 N–H and O–H groups in total. The fourth-order valence-corrected chi connectivity index (χ4v) is 4.31. The highest BCUT2D eigenvalue weighted by Gasteiger charge is 2.36. The Hall–Kier alpha value is -0.180. The van der Waals surface area contributed by atoms with Crippen molar-refractivity contribution in [1.82, 2.24) is 5.32 Å². The fourth-order valence-electron chi connectivity index (χ4n) is 3.23. The van der Waals surface area contributed by atoms with Crippen LogP contribution >= 0.6 is 23.4 Å². The first-order chi connectivity index (χ1) is 9.28. The lowest BCUT2D eigenvalue weighted by Crippen LogP contribution is -2.37. The van der Waals surface area contributed by atoms with Crippen molar-refractivity contribution < 1.29 is 0 Å². The third-order valence-electron chi connectivity index (χ3n) is 4.47. The highest BCUT2D eigenvalue weighted by molar-refractivity contribution is 7.99. The Labute approximate surface area is 125 Å². The molecule has 0 amide bonds. The zero-order chi connectivity index (χ0) is 13.2. The summed E-state index contributed by atoms with van der Waals surface area (Å²) >= 11 is 8.03. The van der Waals surface area contributed by atoms with Crippen LogP contribution in [-0.2, 0) is 0 Å². The van der Waals surface area contributed by atoms with Crippen molar-refractivity contribution in [2.45, 2.75) is 49.4 Å². The Morgan fingerprint density at radius 1 is 1.16 bits per heavy atom. The molecule has 0 spiro atoms. The molecule has 0 aromatic heterocycles. The Morgan fingerprint density at radius 2 is 1.89 bits per heavy atom. The van der Waals surface area contributed by atoms with Crippen LogP contribution in [0, 0.1) is 5.92 Å². The molecule has 2 saturated carbocycles. The second-order valence-electron chi connectivity index (χ2n) is 5.84. The van der Waals surface area contributed by atoms with E-state index in [4.69, 9.17) is 11.6 Å². The Balaban J connectivity index is 1.72. The highest BCUT2D eigenvalue weighted by Crippen LogP contribution is 2.43. The first-order valence-corrected chi connectivity index (χ1v) is 8.99. The van der Waals surface area contributed by atoms with Crippen molar-refractivity contribution in [3.05, 3.63) is 34.9 Å². The van der Waals surface area contributed by atoms with Gasteiger partial charge < -0.3 is 5.32 Å². The van der Waals surface area contributed by atoms with Gasteiger partial charge in [-0.1, -0.05) is 30.2 Å². The first-order valence-electron chi connectivity index (χ1n) is 7.32. The predicted molar refractivity (Wildman–Crippen MR) is 85.0 cm³/mol. The summed E-state index contributed by atoms with van der Waals surface area (Å²) in [5.41, 5.74) is 1.42. The minimum Gasteiger partial charge on any atom is -0.306 e.